The van der Waals surface area contributed by atoms with E-state index in [-0.39, 0.29) is 0 Å². The topological polar surface area (TPSA) is 100 Å². The summed E-state index contributed by atoms with van der Waals surface area (Å²) < 4.78 is 4.57. The van der Waals surface area contributed by atoms with Gasteiger partial charge in [-0.15, -0.1) is 0 Å². The molecule has 0 fully saturated rings. The zero-order valence-electron chi connectivity index (χ0n) is 39.5. The molecule has 74 heavy (non-hydrogen) atoms. The molecule has 0 unspecified atom stereocenters. The number of fused-ring (bicyclic) bond motifs is 6. The Labute approximate surface area is 426 Å². The van der Waals surface area contributed by atoms with Gasteiger partial charge in [0.25, 0.3) is 0 Å². The summed E-state index contributed by atoms with van der Waals surface area (Å²) >= 11 is 0. The number of para-hydroxylation sites is 4. The minimum absolute atomic E-state index is 0.437. The van der Waals surface area contributed by atoms with E-state index in [2.05, 4.69) is 166 Å². The summed E-state index contributed by atoms with van der Waals surface area (Å²) in [5.41, 5.74) is 15.3. The molecule has 342 valence electrons. The van der Waals surface area contributed by atoms with Gasteiger partial charge in [-0.05, 0) is 130 Å². The molecule has 3 heterocycles. The molecule has 0 atom stereocenters. The predicted octanol–water partition coefficient (Wildman–Crippen LogP) is 16.4. The fraction of sp³-hybridized carbons (Fsp3) is 0. The Hall–Kier alpha value is -10.7. The maximum absolute atomic E-state index is 10.2. The Morgan fingerprint density at radius 1 is 0.338 bits per heavy atom. The van der Waals surface area contributed by atoms with Crippen molar-refractivity contribution in [3.63, 3.8) is 0 Å². The maximum atomic E-state index is 10.2. The van der Waals surface area contributed by atoms with Crippen LogP contribution in [-0.2, 0) is 0 Å². The van der Waals surface area contributed by atoms with Gasteiger partial charge in [-0.2, -0.15) is 10.5 Å². The van der Waals surface area contributed by atoms with Crippen LogP contribution in [0.5, 0.6) is 0 Å². The summed E-state index contributed by atoms with van der Waals surface area (Å²) in [5, 5.41) is 24.4. The van der Waals surface area contributed by atoms with Gasteiger partial charge in [0, 0.05) is 49.6 Å². The van der Waals surface area contributed by atoms with Crippen molar-refractivity contribution >= 4 is 49.3 Å². The molecule has 0 aliphatic carbocycles. The lowest BCUT2D eigenvalue weighted by Crippen LogP contribution is -2.03. The van der Waals surface area contributed by atoms with Gasteiger partial charge in [0.05, 0.1) is 51.9 Å². The molecular weight excluding hydrogens is 905 g/mol. The minimum Gasteiger partial charge on any atom is -0.309 e. The maximum Gasteiger partial charge on any atom is 0.187 e. The van der Waals surface area contributed by atoms with Gasteiger partial charge in [-0.25, -0.2) is 19.8 Å². The van der Waals surface area contributed by atoms with Crippen LogP contribution < -0.4 is 0 Å². The molecule has 3 aromatic heterocycles. The highest BCUT2D eigenvalue weighted by molar-refractivity contribution is 6.10. The summed E-state index contributed by atoms with van der Waals surface area (Å²) in [6.07, 6.45) is 0. The lowest BCUT2D eigenvalue weighted by atomic mass is 9.96. The van der Waals surface area contributed by atoms with E-state index in [9.17, 15) is 10.5 Å². The molecule has 13 rings (SSSR count). The van der Waals surface area contributed by atoms with Crippen molar-refractivity contribution in [2.24, 2.45) is 0 Å². The average Bonchev–Trinajstić information content (AvgIpc) is 4.00. The van der Waals surface area contributed by atoms with E-state index >= 15 is 0 Å². The standard InChI is InChI=1S/C66H38N8/c1-69-49-18-12-16-47(37-49)59-39-51(74-62-25-8-4-21-54(62)55-22-5-9-26-63(55)74)32-34-57(59)66-71-64(48-17-11-14-45(36-48)44-29-27-42(40-67)28-30-44)70-65(72-66)56-33-31-50(38-58(56)46-15-10-13-43(35-46)41-68)73-60-23-6-2-19-52(60)53-20-3-7-24-61(53)73/h2-39H. The predicted molar refractivity (Wildman–Crippen MR) is 297 cm³/mol. The molecule has 10 aromatic carbocycles. The molecule has 8 nitrogen and oxygen atoms in total. The average molecular weight is 943 g/mol. The number of nitrogens with zero attached hydrogens (tertiary/aromatic N) is 8. The first kappa shape index (κ1) is 43.3. The summed E-state index contributed by atoms with van der Waals surface area (Å²) in [6, 6.07) is 82.1. The Kier molecular flexibility index (Phi) is 10.5. The van der Waals surface area contributed by atoms with Crippen LogP contribution in [0.25, 0.3) is 127 Å². The first-order valence-corrected chi connectivity index (χ1v) is 24.1. The number of hydrogen-bond donors (Lipinski definition) is 0. The third-order valence-electron chi connectivity index (χ3n) is 13.9. The highest BCUT2D eigenvalue weighted by Gasteiger charge is 2.22. The molecule has 0 spiro atoms. The van der Waals surface area contributed by atoms with E-state index in [1.165, 1.54) is 0 Å². The Bertz CT molecular complexity index is 4190. The van der Waals surface area contributed by atoms with Crippen molar-refractivity contribution < 1.29 is 0 Å². The summed E-state index contributed by atoms with van der Waals surface area (Å²) in [6.45, 7) is 8.01. The van der Waals surface area contributed by atoms with Crippen molar-refractivity contribution in [2.75, 3.05) is 0 Å². The van der Waals surface area contributed by atoms with Crippen LogP contribution in [-0.4, -0.2) is 24.1 Å². The van der Waals surface area contributed by atoms with Crippen LogP contribution >= 0.6 is 0 Å². The number of aromatic nitrogens is 5. The van der Waals surface area contributed by atoms with Crippen molar-refractivity contribution in [3.8, 4) is 91.1 Å². The molecule has 0 radical (unpaired) electrons. The van der Waals surface area contributed by atoms with E-state index in [1.807, 2.05) is 91.0 Å². The normalized spacial score (nSPS) is 11.2. The van der Waals surface area contributed by atoms with Crippen molar-refractivity contribution in [1.82, 2.24) is 24.1 Å². The SMILES string of the molecule is [C-]#[N+]c1cccc(-c2cc(-n3c4ccccc4c4ccccc43)ccc2-c2nc(-c3cccc(-c4ccc(C#N)cc4)c3)nc(-c3ccc(-n4c5ccccc5c5ccccc54)cc3-c3cccc(C#N)c3)n2)c1. The summed E-state index contributed by atoms with van der Waals surface area (Å²) in [7, 11) is 0. The van der Waals surface area contributed by atoms with Crippen LogP contribution in [0.2, 0.25) is 0 Å². The summed E-state index contributed by atoms with van der Waals surface area (Å²) in [4.78, 5) is 20.0. The van der Waals surface area contributed by atoms with Gasteiger partial charge in [-0.3, -0.25) is 0 Å². The lowest BCUT2D eigenvalue weighted by Gasteiger charge is -2.17. The van der Waals surface area contributed by atoms with Gasteiger partial charge < -0.3 is 9.13 Å². The molecular formula is C66H38N8. The number of hydrogen-bond acceptors (Lipinski definition) is 5. The third-order valence-corrected chi connectivity index (χ3v) is 13.9. The first-order valence-electron chi connectivity index (χ1n) is 24.1. The monoisotopic (exact) mass is 942 g/mol. The minimum atomic E-state index is 0.437. The molecule has 0 aliphatic rings. The van der Waals surface area contributed by atoms with E-state index < -0.39 is 0 Å². The second-order valence-electron chi connectivity index (χ2n) is 18.1. The third kappa shape index (κ3) is 7.42. The van der Waals surface area contributed by atoms with Crippen LogP contribution in [0.15, 0.2) is 231 Å². The molecule has 0 saturated heterocycles. The highest BCUT2D eigenvalue weighted by Crippen LogP contribution is 2.41. The molecule has 8 heteroatoms. The van der Waals surface area contributed by atoms with E-state index in [4.69, 9.17) is 21.5 Å². The van der Waals surface area contributed by atoms with Gasteiger partial charge in [0.1, 0.15) is 0 Å². The molecule has 0 bridgehead atoms. The molecule has 0 N–H and O–H groups in total. The second kappa shape index (κ2) is 17.9. The van der Waals surface area contributed by atoms with Crippen LogP contribution in [0, 0.1) is 29.2 Å². The number of benzene rings is 10. The first-order chi connectivity index (χ1) is 36.5. The number of rotatable bonds is 8. The fourth-order valence-electron chi connectivity index (χ4n) is 10.4. The summed E-state index contributed by atoms with van der Waals surface area (Å²) in [5.74, 6) is 1.33. The van der Waals surface area contributed by atoms with Gasteiger partial charge in [0.2, 0.25) is 0 Å². The van der Waals surface area contributed by atoms with E-state index in [0.717, 1.165) is 105 Å². The van der Waals surface area contributed by atoms with Crippen molar-refractivity contribution in [1.29, 1.82) is 10.5 Å². The highest BCUT2D eigenvalue weighted by atomic mass is 15.0. The smallest absolute Gasteiger partial charge is 0.187 e. The molecule has 13 aromatic rings. The quantitative estimate of drug-likeness (QED) is 0.141. The zero-order valence-corrected chi connectivity index (χ0v) is 39.5. The fourth-order valence-corrected chi connectivity index (χ4v) is 10.4. The largest absolute Gasteiger partial charge is 0.309 e. The van der Waals surface area contributed by atoms with Crippen molar-refractivity contribution in [3.05, 3.63) is 253 Å². The lowest BCUT2D eigenvalue weighted by molar-refractivity contribution is 1.07. The zero-order chi connectivity index (χ0) is 49.7. The van der Waals surface area contributed by atoms with Gasteiger partial charge in [-0.1, -0.05) is 133 Å². The van der Waals surface area contributed by atoms with Crippen molar-refractivity contribution in [2.45, 2.75) is 0 Å². The van der Waals surface area contributed by atoms with Gasteiger partial charge >= 0.3 is 0 Å². The molecule has 0 amide bonds. The van der Waals surface area contributed by atoms with Crippen LogP contribution in [0.4, 0.5) is 5.69 Å². The number of nitriles is 2. The Balaban J connectivity index is 1.08. The van der Waals surface area contributed by atoms with E-state index in [0.29, 0.717) is 34.3 Å². The Morgan fingerprint density at radius 3 is 1.30 bits per heavy atom. The van der Waals surface area contributed by atoms with E-state index in [1.54, 1.807) is 0 Å². The van der Waals surface area contributed by atoms with Crippen LogP contribution in [0.3, 0.4) is 0 Å². The molecule has 0 aliphatic heterocycles. The van der Waals surface area contributed by atoms with Crippen LogP contribution in [0.1, 0.15) is 11.1 Å². The molecule has 0 saturated carbocycles. The Morgan fingerprint density at radius 2 is 0.784 bits per heavy atom. The second-order valence-corrected chi connectivity index (χ2v) is 18.1. The van der Waals surface area contributed by atoms with Gasteiger partial charge in [0.15, 0.2) is 23.2 Å².